The Bertz CT molecular complexity index is 513. The number of aryl methyl sites for hydroxylation is 2. The van der Waals surface area contributed by atoms with E-state index >= 15 is 0 Å². The maximum Gasteiger partial charge on any atom is 0.261 e. The summed E-state index contributed by atoms with van der Waals surface area (Å²) in [4.78, 5) is 26.6. The Morgan fingerprint density at radius 2 is 2.16 bits per heavy atom. The molecule has 0 aliphatic heterocycles. The van der Waals surface area contributed by atoms with Crippen LogP contribution in [0.15, 0.2) is 10.9 Å². The fourth-order valence-corrected chi connectivity index (χ4v) is 2.20. The molecule has 0 unspecified atom stereocenters. The van der Waals surface area contributed by atoms with E-state index in [4.69, 9.17) is 5.73 Å². The molecule has 2 rings (SSSR count). The topological polar surface area (TPSA) is 88.0 Å². The number of hydrogen-bond donors (Lipinski definition) is 3. The van der Waals surface area contributed by atoms with Gasteiger partial charge in [-0.1, -0.05) is 0 Å². The van der Waals surface area contributed by atoms with E-state index in [9.17, 15) is 9.59 Å². The van der Waals surface area contributed by atoms with Crippen molar-refractivity contribution < 1.29 is 4.79 Å². The number of aromatic amines is 1. The van der Waals surface area contributed by atoms with E-state index in [1.54, 1.807) is 6.07 Å². The summed E-state index contributed by atoms with van der Waals surface area (Å²) in [6, 6.07) is 1.60. The van der Waals surface area contributed by atoms with Crippen LogP contribution < -0.4 is 16.6 Å². The lowest BCUT2D eigenvalue weighted by Gasteiger charge is -2.16. The van der Waals surface area contributed by atoms with E-state index in [1.807, 2.05) is 6.92 Å². The van der Waals surface area contributed by atoms with Gasteiger partial charge in [-0.15, -0.1) is 12.4 Å². The van der Waals surface area contributed by atoms with Gasteiger partial charge in [0.2, 0.25) is 0 Å². The number of halogens is 1. The third kappa shape index (κ3) is 3.58. The fraction of sp³-hybridized carbons (Fsp3) is 0.538. The minimum Gasteiger partial charge on any atom is -0.348 e. The molecule has 0 bridgehead atoms. The molecule has 0 radical (unpaired) electrons. The van der Waals surface area contributed by atoms with Crippen molar-refractivity contribution in [3.05, 3.63) is 33.2 Å². The van der Waals surface area contributed by atoms with Crippen LogP contribution in [0.1, 0.15) is 41.4 Å². The van der Waals surface area contributed by atoms with Gasteiger partial charge in [-0.3, -0.25) is 9.59 Å². The van der Waals surface area contributed by atoms with Gasteiger partial charge in [0, 0.05) is 18.3 Å². The lowest BCUT2D eigenvalue weighted by Crippen LogP contribution is -2.40. The number of carbonyl (C=O) groups excluding carboxylic acids is 1. The Kier molecular flexibility index (Phi) is 5.57. The van der Waals surface area contributed by atoms with Gasteiger partial charge < -0.3 is 16.0 Å². The highest BCUT2D eigenvalue weighted by molar-refractivity contribution is 5.94. The molecule has 1 aliphatic rings. The first-order chi connectivity index (χ1) is 8.61. The molecule has 0 fully saturated rings. The number of nitrogens with two attached hydrogens (primary N) is 1. The molecule has 0 aromatic carbocycles. The quantitative estimate of drug-likeness (QED) is 0.766. The van der Waals surface area contributed by atoms with Crippen LogP contribution >= 0.6 is 12.4 Å². The van der Waals surface area contributed by atoms with E-state index < -0.39 is 0 Å². The zero-order chi connectivity index (χ0) is 13.1. The first kappa shape index (κ1) is 15.7. The number of fused-ring (bicyclic) bond motifs is 1. The summed E-state index contributed by atoms with van der Waals surface area (Å²) in [5.41, 5.74) is 7.40. The van der Waals surface area contributed by atoms with E-state index in [0.717, 1.165) is 36.9 Å². The maximum atomic E-state index is 11.9. The van der Waals surface area contributed by atoms with Gasteiger partial charge in [-0.05, 0) is 44.2 Å². The Morgan fingerprint density at radius 3 is 2.84 bits per heavy atom. The third-order valence-electron chi connectivity index (χ3n) is 3.31. The van der Waals surface area contributed by atoms with Gasteiger partial charge in [-0.2, -0.15) is 0 Å². The van der Waals surface area contributed by atoms with Crippen molar-refractivity contribution in [3.8, 4) is 0 Å². The predicted molar refractivity (Wildman–Crippen MR) is 76.9 cm³/mol. The smallest absolute Gasteiger partial charge is 0.261 e. The minimum atomic E-state index is -0.345. The van der Waals surface area contributed by atoms with Crippen LogP contribution in [0.4, 0.5) is 0 Å². The summed E-state index contributed by atoms with van der Waals surface area (Å²) in [5.74, 6) is -0.345. The summed E-state index contributed by atoms with van der Waals surface area (Å²) >= 11 is 0. The average Bonchev–Trinajstić information content (AvgIpc) is 2.37. The number of amides is 1. The Hall–Kier alpha value is -1.33. The molecule has 1 amide bonds. The number of nitrogens with one attached hydrogen (secondary N) is 2. The zero-order valence-corrected chi connectivity index (χ0v) is 11.8. The van der Waals surface area contributed by atoms with Crippen molar-refractivity contribution in [2.24, 2.45) is 5.73 Å². The van der Waals surface area contributed by atoms with Gasteiger partial charge in [0.05, 0.1) is 0 Å². The maximum absolute atomic E-state index is 11.9. The molecule has 1 atom stereocenters. The molecule has 4 N–H and O–H groups in total. The highest BCUT2D eigenvalue weighted by atomic mass is 35.5. The number of hydrogen-bond acceptors (Lipinski definition) is 3. The standard InChI is InChI=1S/C13H19N3O2.ClH/c1-8(7-14)15-12(17)10-6-9-4-2-3-5-11(9)16-13(10)18;/h6,8H,2-5,7,14H2,1H3,(H,15,17)(H,16,18);1H/t8-;/m0./s1. The Labute approximate surface area is 118 Å². The van der Waals surface area contributed by atoms with Crippen molar-refractivity contribution in [1.29, 1.82) is 0 Å². The molecule has 1 aromatic rings. The normalized spacial score (nSPS) is 15.1. The summed E-state index contributed by atoms with van der Waals surface area (Å²) in [5, 5.41) is 2.71. The molecule has 0 saturated carbocycles. The van der Waals surface area contributed by atoms with Crippen molar-refractivity contribution in [1.82, 2.24) is 10.3 Å². The van der Waals surface area contributed by atoms with Crippen molar-refractivity contribution in [2.45, 2.75) is 38.6 Å². The molecule has 5 nitrogen and oxygen atoms in total. The van der Waals surface area contributed by atoms with Crippen LogP contribution in [-0.4, -0.2) is 23.5 Å². The van der Waals surface area contributed by atoms with E-state index in [2.05, 4.69) is 10.3 Å². The number of carbonyl (C=O) groups is 1. The van der Waals surface area contributed by atoms with Crippen LogP contribution in [0.5, 0.6) is 0 Å². The highest BCUT2D eigenvalue weighted by Crippen LogP contribution is 2.18. The van der Waals surface area contributed by atoms with E-state index in [0.29, 0.717) is 6.54 Å². The average molecular weight is 286 g/mol. The van der Waals surface area contributed by atoms with Crippen molar-refractivity contribution in [3.63, 3.8) is 0 Å². The second-order valence-electron chi connectivity index (χ2n) is 4.83. The van der Waals surface area contributed by atoms with Crippen LogP contribution in [0.2, 0.25) is 0 Å². The first-order valence-electron chi connectivity index (χ1n) is 6.38. The molecule has 106 valence electrons. The largest absolute Gasteiger partial charge is 0.348 e. The lowest BCUT2D eigenvalue weighted by molar-refractivity contribution is 0.0939. The first-order valence-corrected chi connectivity index (χ1v) is 6.38. The molecular formula is C13H20ClN3O2. The van der Waals surface area contributed by atoms with Crippen LogP contribution in [0, 0.1) is 0 Å². The Morgan fingerprint density at radius 1 is 1.47 bits per heavy atom. The van der Waals surface area contributed by atoms with Gasteiger partial charge in [0.15, 0.2) is 0 Å². The van der Waals surface area contributed by atoms with E-state index in [-0.39, 0.29) is 35.5 Å². The van der Waals surface area contributed by atoms with Gasteiger partial charge in [0.25, 0.3) is 11.5 Å². The van der Waals surface area contributed by atoms with Gasteiger partial charge in [-0.25, -0.2) is 0 Å². The molecule has 1 heterocycles. The summed E-state index contributed by atoms with van der Waals surface area (Å²) < 4.78 is 0. The number of rotatable bonds is 3. The minimum absolute atomic E-state index is 0. The fourth-order valence-electron chi connectivity index (χ4n) is 2.20. The van der Waals surface area contributed by atoms with Crippen molar-refractivity contribution in [2.75, 3.05) is 6.54 Å². The van der Waals surface area contributed by atoms with Crippen LogP contribution in [0.3, 0.4) is 0 Å². The predicted octanol–water partition coefficient (Wildman–Crippen LogP) is 0.752. The summed E-state index contributed by atoms with van der Waals surface area (Å²) in [7, 11) is 0. The number of pyridine rings is 1. The van der Waals surface area contributed by atoms with Crippen LogP contribution in [-0.2, 0) is 12.8 Å². The highest BCUT2D eigenvalue weighted by Gasteiger charge is 2.17. The SMILES string of the molecule is C[C@@H](CN)NC(=O)c1cc2c([nH]c1=O)CCCC2.Cl. The molecule has 19 heavy (non-hydrogen) atoms. The second-order valence-corrected chi connectivity index (χ2v) is 4.83. The molecule has 0 spiro atoms. The third-order valence-corrected chi connectivity index (χ3v) is 3.31. The summed E-state index contributed by atoms with van der Waals surface area (Å²) in [6.07, 6.45) is 4.03. The van der Waals surface area contributed by atoms with Gasteiger partial charge in [0.1, 0.15) is 5.56 Å². The second kappa shape index (κ2) is 6.73. The Balaban J connectivity index is 0.00000180. The number of H-pyrrole nitrogens is 1. The molecule has 1 aromatic heterocycles. The monoisotopic (exact) mass is 285 g/mol. The molecule has 1 aliphatic carbocycles. The molecule has 0 saturated heterocycles. The molecular weight excluding hydrogens is 266 g/mol. The van der Waals surface area contributed by atoms with E-state index in [1.165, 1.54) is 0 Å². The lowest BCUT2D eigenvalue weighted by atomic mass is 9.95. The zero-order valence-electron chi connectivity index (χ0n) is 11.0. The van der Waals surface area contributed by atoms with Gasteiger partial charge >= 0.3 is 0 Å². The number of aromatic nitrogens is 1. The van der Waals surface area contributed by atoms with Crippen molar-refractivity contribution >= 4 is 18.3 Å². The summed E-state index contributed by atoms with van der Waals surface area (Å²) in [6.45, 7) is 2.17. The van der Waals surface area contributed by atoms with Crippen LogP contribution in [0.25, 0.3) is 0 Å². The molecule has 6 heteroatoms.